The lowest BCUT2D eigenvalue weighted by Gasteiger charge is -2.20. The summed E-state index contributed by atoms with van der Waals surface area (Å²) in [4.78, 5) is 4.25. The number of nitrogens with one attached hydrogen (secondary N) is 1. The summed E-state index contributed by atoms with van der Waals surface area (Å²) < 4.78 is 0.966. The maximum atomic E-state index is 6.29. The first kappa shape index (κ1) is 16.8. The Labute approximate surface area is 144 Å². The van der Waals surface area contributed by atoms with Crippen molar-refractivity contribution in [1.29, 1.82) is 0 Å². The average Bonchev–Trinajstić information content (AvgIpc) is 2.46. The smallest absolute Gasteiger partial charge is 0.0453 e. The fourth-order valence-corrected chi connectivity index (χ4v) is 3.11. The van der Waals surface area contributed by atoms with Gasteiger partial charge >= 0.3 is 0 Å². The highest BCUT2D eigenvalue weighted by Crippen LogP contribution is 2.29. The summed E-state index contributed by atoms with van der Waals surface area (Å²) in [5.74, 6) is 0. The maximum absolute atomic E-state index is 6.29. The molecule has 0 fully saturated rings. The van der Waals surface area contributed by atoms with E-state index in [1.54, 1.807) is 6.20 Å². The minimum atomic E-state index is 0.132. The number of benzene rings is 1. The van der Waals surface area contributed by atoms with E-state index in [-0.39, 0.29) is 6.04 Å². The van der Waals surface area contributed by atoms with Gasteiger partial charge in [0.2, 0.25) is 0 Å². The van der Waals surface area contributed by atoms with E-state index >= 15 is 0 Å². The Morgan fingerprint density at radius 1 is 1.24 bits per heavy atom. The van der Waals surface area contributed by atoms with Crippen LogP contribution < -0.4 is 5.32 Å². The van der Waals surface area contributed by atoms with Crippen molar-refractivity contribution in [2.45, 2.75) is 25.8 Å². The molecular weight excluding hydrogens is 371 g/mol. The molecule has 1 aromatic heterocycles. The van der Waals surface area contributed by atoms with Gasteiger partial charge in [0.1, 0.15) is 0 Å². The van der Waals surface area contributed by atoms with Crippen molar-refractivity contribution < 1.29 is 0 Å². The molecule has 0 saturated carbocycles. The molecule has 0 aliphatic rings. The number of hydrogen-bond donors (Lipinski definition) is 1. The molecule has 0 aliphatic carbocycles. The summed E-state index contributed by atoms with van der Waals surface area (Å²) in [7, 11) is 0. The molecule has 1 N–H and O–H groups in total. The SMILES string of the molecule is CCCNC(Cc1c(Cl)cccc1Cl)c1cncc(Br)c1. The van der Waals surface area contributed by atoms with E-state index in [4.69, 9.17) is 23.2 Å². The number of rotatable bonds is 6. The summed E-state index contributed by atoms with van der Waals surface area (Å²) in [6.45, 7) is 3.07. The molecule has 2 rings (SSSR count). The van der Waals surface area contributed by atoms with Gasteiger partial charge in [-0.2, -0.15) is 0 Å². The zero-order valence-corrected chi connectivity index (χ0v) is 14.8. The third-order valence-corrected chi connectivity index (χ3v) is 4.38. The van der Waals surface area contributed by atoms with E-state index in [0.29, 0.717) is 10.0 Å². The first-order valence-corrected chi connectivity index (χ1v) is 8.43. The van der Waals surface area contributed by atoms with Gasteiger partial charge in [-0.3, -0.25) is 4.98 Å². The second kappa shape index (κ2) is 8.14. The van der Waals surface area contributed by atoms with Crippen molar-refractivity contribution in [3.63, 3.8) is 0 Å². The summed E-state index contributed by atoms with van der Waals surface area (Å²) in [6, 6.07) is 7.82. The Balaban J connectivity index is 2.28. The van der Waals surface area contributed by atoms with Gasteiger partial charge in [-0.1, -0.05) is 36.2 Å². The Morgan fingerprint density at radius 3 is 2.57 bits per heavy atom. The number of pyridine rings is 1. The maximum Gasteiger partial charge on any atom is 0.0453 e. The van der Waals surface area contributed by atoms with Gasteiger partial charge in [-0.25, -0.2) is 0 Å². The molecule has 1 atom stereocenters. The Hall–Kier alpha value is -0.610. The fourth-order valence-electron chi connectivity index (χ4n) is 2.18. The third kappa shape index (κ3) is 4.68. The molecule has 1 unspecified atom stereocenters. The lowest BCUT2D eigenvalue weighted by molar-refractivity contribution is 0.528. The van der Waals surface area contributed by atoms with Crippen LogP contribution in [0.3, 0.4) is 0 Å². The third-order valence-electron chi connectivity index (χ3n) is 3.24. The highest BCUT2D eigenvalue weighted by atomic mass is 79.9. The lowest BCUT2D eigenvalue weighted by atomic mass is 10.00. The summed E-state index contributed by atoms with van der Waals surface area (Å²) in [6.07, 6.45) is 5.45. The lowest BCUT2D eigenvalue weighted by Crippen LogP contribution is -2.24. The predicted molar refractivity (Wildman–Crippen MR) is 93.1 cm³/mol. The Morgan fingerprint density at radius 2 is 1.95 bits per heavy atom. The second-order valence-corrected chi connectivity index (χ2v) is 6.58. The van der Waals surface area contributed by atoms with E-state index in [1.807, 2.05) is 24.4 Å². The van der Waals surface area contributed by atoms with Crippen LogP contribution in [0, 0.1) is 0 Å². The van der Waals surface area contributed by atoms with Gasteiger partial charge in [0.15, 0.2) is 0 Å². The van der Waals surface area contributed by atoms with Crippen LogP contribution in [0.15, 0.2) is 41.1 Å². The van der Waals surface area contributed by atoms with Gasteiger partial charge < -0.3 is 5.32 Å². The average molecular weight is 388 g/mol. The van der Waals surface area contributed by atoms with Crippen molar-refractivity contribution >= 4 is 39.1 Å². The van der Waals surface area contributed by atoms with Gasteiger partial charge in [0, 0.05) is 33.0 Å². The summed E-state index contributed by atoms with van der Waals surface area (Å²) in [5.41, 5.74) is 2.09. The fraction of sp³-hybridized carbons (Fsp3) is 0.312. The minimum Gasteiger partial charge on any atom is -0.310 e. The first-order chi connectivity index (χ1) is 10.1. The van der Waals surface area contributed by atoms with Gasteiger partial charge in [0.25, 0.3) is 0 Å². The van der Waals surface area contributed by atoms with E-state index in [1.165, 1.54) is 0 Å². The van der Waals surface area contributed by atoms with Gasteiger partial charge in [0.05, 0.1) is 0 Å². The topological polar surface area (TPSA) is 24.9 Å². The minimum absolute atomic E-state index is 0.132. The zero-order chi connectivity index (χ0) is 15.2. The van der Waals surface area contributed by atoms with Gasteiger partial charge in [-0.05, 0) is 64.6 Å². The first-order valence-electron chi connectivity index (χ1n) is 6.88. The molecule has 21 heavy (non-hydrogen) atoms. The predicted octanol–water partition coefficient (Wildman–Crippen LogP) is 5.43. The van der Waals surface area contributed by atoms with Crippen LogP contribution in [0.5, 0.6) is 0 Å². The molecule has 1 aromatic carbocycles. The monoisotopic (exact) mass is 386 g/mol. The molecule has 0 spiro atoms. The van der Waals surface area contributed by atoms with E-state index in [2.05, 4.69) is 39.2 Å². The van der Waals surface area contributed by atoms with Gasteiger partial charge in [-0.15, -0.1) is 0 Å². The molecule has 112 valence electrons. The zero-order valence-electron chi connectivity index (χ0n) is 11.7. The molecule has 0 aliphatic heterocycles. The number of hydrogen-bond acceptors (Lipinski definition) is 2. The quantitative estimate of drug-likeness (QED) is 0.714. The standard InChI is InChI=1S/C16H17BrCl2N2/c1-2-6-21-16(11-7-12(17)10-20-9-11)8-13-14(18)4-3-5-15(13)19/h3-5,7,9-10,16,21H,2,6,8H2,1H3. The van der Waals surface area contributed by atoms with Crippen molar-refractivity contribution in [2.24, 2.45) is 0 Å². The van der Waals surface area contributed by atoms with Crippen LogP contribution in [-0.4, -0.2) is 11.5 Å². The molecule has 1 heterocycles. The number of nitrogens with zero attached hydrogens (tertiary/aromatic N) is 1. The van der Waals surface area contributed by atoms with Crippen LogP contribution in [0.1, 0.15) is 30.5 Å². The van der Waals surface area contributed by atoms with Crippen LogP contribution in [0.2, 0.25) is 10.0 Å². The Kier molecular flexibility index (Phi) is 6.49. The molecular formula is C16H17BrCl2N2. The summed E-state index contributed by atoms with van der Waals surface area (Å²) in [5, 5.41) is 4.94. The molecule has 0 bridgehead atoms. The molecule has 0 amide bonds. The molecule has 0 saturated heterocycles. The van der Waals surface area contributed by atoms with Crippen molar-refractivity contribution in [2.75, 3.05) is 6.54 Å². The summed E-state index contributed by atoms with van der Waals surface area (Å²) >= 11 is 16.0. The number of halogens is 3. The highest BCUT2D eigenvalue weighted by molar-refractivity contribution is 9.10. The normalized spacial score (nSPS) is 12.4. The van der Waals surface area contributed by atoms with E-state index in [0.717, 1.165) is 35.0 Å². The van der Waals surface area contributed by atoms with E-state index in [9.17, 15) is 0 Å². The van der Waals surface area contributed by atoms with Crippen molar-refractivity contribution in [3.8, 4) is 0 Å². The number of aromatic nitrogens is 1. The highest BCUT2D eigenvalue weighted by Gasteiger charge is 2.16. The van der Waals surface area contributed by atoms with Crippen molar-refractivity contribution in [1.82, 2.24) is 10.3 Å². The van der Waals surface area contributed by atoms with E-state index < -0.39 is 0 Å². The molecule has 2 nitrogen and oxygen atoms in total. The van der Waals surface area contributed by atoms with Crippen LogP contribution in [0.4, 0.5) is 0 Å². The Bertz CT molecular complexity index is 584. The van der Waals surface area contributed by atoms with Crippen LogP contribution in [0.25, 0.3) is 0 Å². The molecule has 2 aromatic rings. The molecule has 5 heteroatoms. The van der Waals surface area contributed by atoms with Crippen molar-refractivity contribution in [3.05, 3.63) is 62.3 Å². The second-order valence-electron chi connectivity index (χ2n) is 4.85. The van der Waals surface area contributed by atoms with Crippen LogP contribution in [-0.2, 0) is 6.42 Å². The molecule has 0 radical (unpaired) electrons. The largest absolute Gasteiger partial charge is 0.310 e. The van der Waals surface area contributed by atoms with Crippen LogP contribution >= 0.6 is 39.1 Å².